The van der Waals surface area contributed by atoms with Crippen LogP contribution in [0, 0.1) is 0 Å². The zero-order valence-electron chi connectivity index (χ0n) is 20.3. The second-order valence-corrected chi connectivity index (χ2v) is 8.92. The highest BCUT2D eigenvalue weighted by molar-refractivity contribution is 5.94. The smallest absolute Gasteiger partial charge is 0.328 e. The maximum Gasteiger partial charge on any atom is 0.328 e. The van der Waals surface area contributed by atoms with Gasteiger partial charge in [0.1, 0.15) is 17.7 Å². The number of fused-ring (bicyclic) bond motifs is 1. The van der Waals surface area contributed by atoms with Crippen molar-refractivity contribution in [3.8, 4) is 0 Å². The lowest BCUT2D eigenvalue weighted by atomic mass is 9.96. The van der Waals surface area contributed by atoms with Crippen molar-refractivity contribution in [2.24, 2.45) is 0 Å². The van der Waals surface area contributed by atoms with Gasteiger partial charge in [0.25, 0.3) is 0 Å². The van der Waals surface area contributed by atoms with E-state index in [1.807, 2.05) is 6.07 Å². The number of hydrogen-bond acceptors (Lipinski definition) is 10. The molecule has 1 aromatic carbocycles. The normalized spacial score (nSPS) is 16.6. The lowest BCUT2D eigenvalue weighted by Crippen LogP contribution is -2.38. The predicted molar refractivity (Wildman–Crippen MR) is 135 cm³/mol. The van der Waals surface area contributed by atoms with Gasteiger partial charge in [0.2, 0.25) is 0 Å². The van der Waals surface area contributed by atoms with Crippen molar-refractivity contribution in [3.63, 3.8) is 0 Å². The summed E-state index contributed by atoms with van der Waals surface area (Å²) in [5.74, 6) is -1.99. The third-order valence-corrected chi connectivity index (χ3v) is 6.53. The van der Waals surface area contributed by atoms with E-state index in [0.29, 0.717) is 54.7 Å². The van der Waals surface area contributed by atoms with Crippen molar-refractivity contribution < 1.29 is 24.5 Å². The van der Waals surface area contributed by atoms with Crippen molar-refractivity contribution in [1.82, 2.24) is 19.9 Å². The molecular formula is C24H31N7O5. The van der Waals surface area contributed by atoms with Gasteiger partial charge >= 0.3 is 12.0 Å². The summed E-state index contributed by atoms with van der Waals surface area (Å²) in [5.41, 5.74) is 3.20. The Balaban J connectivity index is 1.53. The number of carbonyl (C=O) groups is 1. The third-order valence-electron chi connectivity index (χ3n) is 6.53. The van der Waals surface area contributed by atoms with Crippen LogP contribution in [0.25, 0.3) is 11.2 Å². The minimum atomic E-state index is -2.44. The molecule has 12 nitrogen and oxygen atoms in total. The number of carbonyl (C=O) groups excluding carboxylic acids is 1. The molecule has 3 aromatic rings. The van der Waals surface area contributed by atoms with E-state index in [1.54, 1.807) is 25.2 Å². The molecule has 1 aliphatic carbocycles. The molecule has 5 N–H and O–H groups in total. The molecule has 12 heteroatoms. The highest BCUT2D eigenvalue weighted by Crippen LogP contribution is 2.35. The Bertz CT molecular complexity index is 1250. The molecule has 0 bridgehead atoms. The SMILES string of the molecule is CNC(=O)n1cnc2c(NC)cc(Nc3cc(N4CCOCC4)cc(C(O)(O)OC4CCC4)c3)nc21. The molecule has 1 saturated heterocycles. The van der Waals surface area contributed by atoms with Gasteiger partial charge in [0, 0.05) is 50.2 Å². The van der Waals surface area contributed by atoms with Crippen LogP contribution in [0.2, 0.25) is 0 Å². The number of rotatable bonds is 7. The lowest BCUT2D eigenvalue weighted by molar-refractivity contribution is -0.373. The van der Waals surface area contributed by atoms with Crippen molar-refractivity contribution >= 4 is 40.1 Å². The topological polar surface area (TPSA) is 146 Å². The molecule has 2 aromatic heterocycles. The van der Waals surface area contributed by atoms with E-state index in [0.717, 1.165) is 24.9 Å². The van der Waals surface area contributed by atoms with Gasteiger partial charge in [-0.05, 0) is 37.5 Å². The number of imidazole rings is 1. The summed E-state index contributed by atoms with van der Waals surface area (Å²) in [4.78, 5) is 23.3. The number of morpholine rings is 1. The van der Waals surface area contributed by atoms with Crippen LogP contribution < -0.4 is 20.9 Å². The van der Waals surface area contributed by atoms with Gasteiger partial charge in [-0.3, -0.25) is 0 Å². The van der Waals surface area contributed by atoms with Crippen LogP contribution in [0.1, 0.15) is 24.8 Å². The molecule has 0 radical (unpaired) electrons. The summed E-state index contributed by atoms with van der Waals surface area (Å²) < 4.78 is 12.4. The molecule has 1 aliphatic heterocycles. The van der Waals surface area contributed by atoms with E-state index >= 15 is 0 Å². The predicted octanol–water partition coefficient (Wildman–Crippen LogP) is 1.90. The molecule has 2 fully saturated rings. The number of nitrogens with zero attached hydrogens (tertiary/aromatic N) is 4. The van der Waals surface area contributed by atoms with Crippen LogP contribution >= 0.6 is 0 Å². The van der Waals surface area contributed by atoms with E-state index in [1.165, 1.54) is 17.9 Å². The molecule has 0 unspecified atom stereocenters. The van der Waals surface area contributed by atoms with Gasteiger partial charge in [0.05, 0.1) is 25.0 Å². The number of amides is 1. The van der Waals surface area contributed by atoms with E-state index in [9.17, 15) is 15.0 Å². The number of aliphatic hydroxyl groups is 2. The number of hydrogen-bond donors (Lipinski definition) is 5. The summed E-state index contributed by atoms with van der Waals surface area (Å²) >= 11 is 0. The second kappa shape index (κ2) is 9.90. The molecule has 3 heterocycles. The number of aromatic nitrogens is 3. The molecule has 192 valence electrons. The first-order valence-electron chi connectivity index (χ1n) is 12.0. The standard InChI is InChI=1S/C24H31N7O5/c1-25-19-13-20(29-22-21(19)27-14-31(22)23(32)26-2)28-16-10-15(24(33,34)36-18-4-3-5-18)11-17(12-16)30-6-8-35-9-7-30/h10-14,18,33-34H,3-9H2,1-2H3,(H,26,32)(H2,25,28,29). The Morgan fingerprint density at radius 3 is 2.61 bits per heavy atom. The maximum absolute atomic E-state index is 12.3. The molecule has 1 saturated carbocycles. The number of pyridine rings is 1. The monoisotopic (exact) mass is 497 g/mol. The fraction of sp³-hybridized carbons (Fsp3) is 0.458. The minimum Gasteiger partial charge on any atom is -0.386 e. The second-order valence-electron chi connectivity index (χ2n) is 8.92. The van der Waals surface area contributed by atoms with Crippen molar-refractivity contribution in [3.05, 3.63) is 36.2 Å². The average molecular weight is 498 g/mol. The van der Waals surface area contributed by atoms with Gasteiger partial charge in [-0.1, -0.05) is 0 Å². The Kier molecular flexibility index (Phi) is 6.67. The average Bonchev–Trinajstić information content (AvgIpc) is 3.30. The summed E-state index contributed by atoms with van der Waals surface area (Å²) in [6, 6.07) is 6.68. The molecular weight excluding hydrogens is 466 g/mol. The number of benzene rings is 1. The summed E-state index contributed by atoms with van der Waals surface area (Å²) in [5, 5.41) is 30.6. The molecule has 1 amide bonds. The third kappa shape index (κ3) is 4.80. The van der Waals surface area contributed by atoms with E-state index in [-0.39, 0.29) is 17.7 Å². The van der Waals surface area contributed by atoms with Gasteiger partial charge in [0.15, 0.2) is 5.65 Å². The van der Waals surface area contributed by atoms with Crippen LogP contribution in [0.3, 0.4) is 0 Å². The first-order valence-corrected chi connectivity index (χ1v) is 12.0. The largest absolute Gasteiger partial charge is 0.386 e. The van der Waals surface area contributed by atoms with Gasteiger partial charge in [-0.25, -0.2) is 19.3 Å². The highest BCUT2D eigenvalue weighted by atomic mass is 16.8. The first-order chi connectivity index (χ1) is 17.4. The molecule has 0 atom stereocenters. The van der Waals surface area contributed by atoms with Crippen molar-refractivity contribution in [1.29, 1.82) is 0 Å². The Morgan fingerprint density at radius 2 is 1.94 bits per heavy atom. The molecule has 0 spiro atoms. The van der Waals surface area contributed by atoms with Gasteiger partial charge < -0.3 is 40.5 Å². The quantitative estimate of drug-likeness (QED) is 0.307. The Morgan fingerprint density at radius 1 is 1.17 bits per heavy atom. The number of anilines is 4. The van der Waals surface area contributed by atoms with E-state index in [2.05, 4.69) is 30.8 Å². The van der Waals surface area contributed by atoms with Crippen LogP contribution in [-0.2, 0) is 15.4 Å². The van der Waals surface area contributed by atoms with E-state index < -0.39 is 5.97 Å². The maximum atomic E-state index is 12.3. The Hall–Kier alpha value is -3.45. The van der Waals surface area contributed by atoms with Gasteiger partial charge in [-0.15, -0.1) is 0 Å². The first kappa shape index (κ1) is 24.3. The van der Waals surface area contributed by atoms with Crippen LogP contribution in [-0.4, -0.2) is 77.3 Å². The van der Waals surface area contributed by atoms with Crippen molar-refractivity contribution in [2.45, 2.75) is 31.3 Å². The van der Waals surface area contributed by atoms with Crippen LogP contribution in [0.15, 0.2) is 30.6 Å². The zero-order valence-corrected chi connectivity index (χ0v) is 20.3. The number of ether oxygens (including phenoxy) is 2. The van der Waals surface area contributed by atoms with Gasteiger partial charge in [-0.2, -0.15) is 0 Å². The van der Waals surface area contributed by atoms with Crippen LogP contribution in [0.5, 0.6) is 0 Å². The fourth-order valence-corrected chi connectivity index (χ4v) is 4.33. The molecule has 36 heavy (non-hydrogen) atoms. The minimum absolute atomic E-state index is 0.185. The summed E-state index contributed by atoms with van der Waals surface area (Å²) in [7, 11) is 3.30. The summed E-state index contributed by atoms with van der Waals surface area (Å²) in [6.45, 7) is 2.52. The molecule has 2 aliphatic rings. The zero-order chi connectivity index (χ0) is 25.3. The summed E-state index contributed by atoms with van der Waals surface area (Å²) in [6.07, 6.45) is 3.84. The fourth-order valence-electron chi connectivity index (χ4n) is 4.33. The Labute approximate surface area is 208 Å². The van der Waals surface area contributed by atoms with Crippen molar-refractivity contribution in [2.75, 3.05) is 55.9 Å². The number of nitrogens with one attached hydrogen (secondary N) is 3. The van der Waals surface area contributed by atoms with Crippen LogP contribution in [0.4, 0.5) is 27.7 Å². The molecule has 5 rings (SSSR count). The van der Waals surface area contributed by atoms with E-state index in [4.69, 9.17) is 9.47 Å². The lowest BCUT2D eigenvalue weighted by Gasteiger charge is -2.34. The highest BCUT2D eigenvalue weighted by Gasteiger charge is 2.34.